The van der Waals surface area contributed by atoms with Crippen LogP contribution in [0.15, 0.2) is 0 Å². The lowest BCUT2D eigenvalue weighted by atomic mass is 9.97. The van der Waals surface area contributed by atoms with E-state index in [1.54, 1.807) is 25.5 Å². The molecule has 0 aliphatic heterocycles. The molecule has 7 nitrogen and oxygen atoms in total. The van der Waals surface area contributed by atoms with Gasteiger partial charge in [0, 0.05) is 6.54 Å². The van der Waals surface area contributed by atoms with Gasteiger partial charge in [-0.15, -0.1) is 0 Å². The zero-order valence-electron chi connectivity index (χ0n) is 9.40. The van der Waals surface area contributed by atoms with Crippen molar-refractivity contribution in [1.82, 2.24) is 9.44 Å². The van der Waals surface area contributed by atoms with E-state index in [1.807, 2.05) is 6.07 Å². The topological polar surface area (TPSA) is 108 Å². The Balaban J connectivity index is 4.28. The molecular formula is C8H15N3O4S. The van der Waals surface area contributed by atoms with Gasteiger partial charge in [0.1, 0.15) is 0 Å². The van der Waals surface area contributed by atoms with Gasteiger partial charge in [0.15, 0.2) is 0 Å². The number of carbonyl (C=O) groups excluding carboxylic acids is 1. The second kappa shape index (κ2) is 5.67. The van der Waals surface area contributed by atoms with Gasteiger partial charge in [0.2, 0.25) is 0 Å². The number of ether oxygens (including phenoxy) is 1. The minimum Gasteiger partial charge on any atom is -0.449 e. The van der Waals surface area contributed by atoms with Crippen LogP contribution in [-0.2, 0) is 14.9 Å². The fourth-order valence-electron chi connectivity index (χ4n) is 0.621. The molecular weight excluding hydrogens is 234 g/mol. The predicted octanol–water partition coefficient (Wildman–Crippen LogP) is 0.117. The molecule has 0 bridgehead atoms. The highest BCUT2D eigenvalue weighted by Crippen LogP contribution is 2.10. The number of amides is 1. The van der Waals surface area contributed by atoms with E-state index >= 15 is 0 Å². The van der Waals surface area contributed by atoms with Crippen molar-refractivity contribution in [2.45, 2.75) is 20.8 Å². The minimum atomic E-state index is -3.97. The van der Waals surface area contributed by atoms with Crippen molar-refractivity contribution in [2.75, 3.05) is 13.2 Å². The Kier molecular flexibility index (Phi) is 5.20. The van der Waals surface area contributed by atoms with Crippen LogP contribution >= 0.6 is 0 Å². The van der Waals surface area contributed by atoms with Crippen LogP contribution in [0.25, 0.3) is 0 Å². The molecule has 0 radical (unpaired) electrons. The van der Waals surface area contributed by atoms with Crippen LogP contribution in [0.1, 0.15) is 20.8 Å². The van der Waals surface area contributed by atoms with Crippen molar-refractivity contribution >= 4 is 16.3 Å². The van der Waals surface area contributed by atoms with Gasteiger partial charge in [-0.25, -0.2) is 9.52 Å². The van der Waals surface area contributed by atoms with Crippen LogP contribution < -0.4 is 9.44 Å². The molecule has 0 rings (SSSR count). The fourth-order valence-corrected chi connectivity index (χ4v) is 1.52. The van der Waals surface area contributed by atoms with E-state index in [2.05, 4.69) is 9.46 Å². The second-order valence-corrected chi connectivity index (χ2v) is 5.14. The first kappa shape index (κ1) is 14.7. The third-order valence-electron chi connectivity index (χ3n) is 1.50. The summed E-state index contributed by atoms with van der Waals surface area (Å²) in [5.41, 5.74) is -0.844. The molecule has 0 saturated carbocycles. The van der Waals surface area contributed by atoms with E-state index in [1.165, 1.54) is 0 Å². The molecule has 0 aliphatic carbocycles. The summed E-state index contributed by atoms with van der Waals surface area (Å²) in [6.45, 7) is 4.67. The van der Waals surface area contributed by atoms with Gasteiger partial charge >= 0.3 is 16.3 Å². The average molecular weight is 249 g/mol. The maximum absolute atomic E-state index is 11.2. The lowest BCUT2D eigenvalue weighted by Crippen LogP contribution is -2.43. The first-order valence-electron chi connectivity index (χ1n) is 4.58. The molecule has 0 heterocycles. The molecule has 0 spiro atoms. The highest BCUT2D eigenvalue weighted by Gasteiger charge is 2.21. The minimum absolute atomic E-state index is 0.0744. The zero-order chi connectivity index (χ0) is 12.8. The summed E-state index contributed by atoms with van der Waals surface area (Å²) in [6.07, 6.45) is -1.05. The Hall–Kier alpha value is -1.33. The summed E-state index contributed by atoms with van der Waals surface area (Å²) in [5, 5.41) is 8.66. The summed E-state index contributed by atoms with van der Waals surface area (Å²) in [5.74, 6) is 0. The molecule has 0 saturated heterocycles. The molecule has 0 aromatic rings. The summed E-state index contributed by atoms with van der Waals surface area (Å²) in [4.78, 5) is 10.8. The monoisotopic (exact) mass is 249 g/mol. The molecule has 2 N–H and O–H groups in total. The van der Waals surface area contributed by atoms with E-state index in [0.29, 0.717) is 0 Å². The summed E-state index contributed by atoms with van der Waals surface area (Å²) in [6, 6.07) is 1.92. The van der Waals surface area contributed by atoms with E-state index in [0.717, 1.165) is 0 Å². The maximum atomic E-state index is 11.2. The van der Waals surface area contributed by atoms with Crippen LogP contribution in [0, 0.1) is 16.7 Å². The van der Waals surface area contributed by atoms with Crippen molar-refractivity contribution in [3.63, 3.8) is 0 Å². The van der Waals surface area contributed by atoms with Gasteiger partial charge in [0.05, 0.1) is 18.1 Å². The molecule has 0 aliphatic rings. The molecule has 0 aromatic carbocycles. The largest absolute Gasteiger partial charge is 0.449 e. The van der Waals surface area contributed by atoms with Gasteiger partial charge < -0.3 is 4.74 Å². The van der Waals surface area contributed by atoms with Crippen LogP contribution in [0.5, 0.6) is 0 Å². The maximum Gasteiger partial charge on any atom is 0.421 e. The van der Waals surface area contributed by atoms with E-state index in [9.17, 15) is 13.2 Å². The molecule has 8 heteroatoms. The van der Waals surface area contributed by atoms with Crippen molar-refractivity contribution in [2.24, 2.45) is 5.41 Å². The third kappa shape index (κ3) is 6.21. The number of rotatable bonds is 5. The summed E-state index contributed by atoms with van der Waals surface area (Å²) >= 11 is 0. The van der Waals surface area contributed by atoms with Gasteiger partial charge in [-0.1, -0.05) is 0 Å². The summed E-state index contributed by atoms with van der Waals surface area (Å²) < 4.78 is 30.6. The van der Waals surface area contributed by atoms with Crippen LogP contribution in [0.3, 0.4) is 0 Å². The standard InChI is InChI=1S/C8H15N3O4S/c1-4-15-7(12)11-16(13,14)10-6-8(2,3)5-9/h10H,4,6H2,1-3H3,(H,11,12). The first-order valence-corrected chi connectivity index (χ1v) is 6.06. The number of nitrogens with one attached hydrogen (secondary N) is 2. The number of hydrogen-bond donors (Lipinski definition) is 2. The van der Waals surface area contributed by atoms with Crippen molar-refractivity contribution in [1.29, 1.82) is 5.26 Å². The second-order valence-electron chi connectivity index (χ2n) is 3.64. The molecule has 92 valence electrons. The normalized spacial score (nSPS) is 11.6. The quantitative estimate of drug-likeness (QED) is 0.719. The third-order valence-corrected chi connectivity index (χ3v) is 2.46. The van der Waals surface area contributed by atoms with Gasteiger partial charge in [-0.2, -0.15) is 18.4 Å². The number of nitrogens with zero attached hydrogens (tertiary/aromatic N) is 1. The van der Waals surface area contributed by atoms with Crippen LogP contribution in [0.4, 0.5) is 4.79 Å². The number of hydrogen-bond acceptors (Lipinski definition) is 5. The Bertz CT molecular complexity index is 383. The smallest absolute Gasteiger partial charge is 0.421 e. The van der Waals surface area contributed by atoms with Crippen molar-refractivity contribution < 1.29 is 17.9 Å². The molecule has 1 amide bonds. The molecule has 0 fully saturated rings. The van der Waals surface area contributed by atoms with E-state index in [-0.39, 0.29) is 13.2 Å². The first-order chi connectivity index (χ1) is 7.22. The molecule has 0 atom stereocenters. The van der Waals surface area contributed by atoms with Gasteiger partial charge in [-0.3, -0.25) is 0 Å². The number of nitriles is 1. The SMILES string of the molecule is CCOC(=O)NS(=O)(=O)NCC(C)(C)C#N. The Labute approximate surface area is 95.0 Å². The van der Waals surface area contributed by atoms with Gasteiger partial charge in [-0.05, 0) is 20.8 Å². The van der Waals surface area contributed by atoms with Crippen LogP contribution in [-0.4, -0.2) is 27.7 Å². The highest BCUT2D eigenvalue weighted by atomic mass is 32.2. The lowest BCUT2D eigenvalue weighted by molar-refractivity contribution is 0.158. The molecule has 0 aromatic heterocycles. The zero-order valence-corrected chi connectivity index (χ0v) is 10.2. The molecule has 16 heavy (non-hydrogen) atoms. The van der Waals surface area contributed by atoms with E-state index < -0.39 is 21.7 Å². The summed E-state index contributed by atoms with van der Waals surface area (Å²) in [7, 11) is -3.97. The van der Waals surface area contributed by atoms with Gasteiger partial charge in [0.25, 0.3) is 0 Å². The van der Waals surface area contributed by atoms with Crippen molar-refractivity contribution in [3.05, 3.63) is 0 Å². The Morgan fingerprint density at radius 2 is 2.06 bits per heavy atom. The highest BCUT2D eigenvalue weighted by molar-refractivity contribution is 7.88. The predicted molar refractivity (Wildman–Crippen MR) is 56.5 cm³/mol. The van der Waals surface area contributed by atoms with Crippen LogP contribution in [0.2, 0.25) is 0 Å². The average Bonchev–Trinajstić information content (AvgIpc) is 2.15. The van der Waals surface area contributed by atoms with Crippen molar-refractivity contribution in [3.8, 4) is 6.07 Å². The lowest BCUT2D eigenvalue weighted by Gasteiger charge is -2.15. The van der Waals surface area contributed by atoms with E-state index in [4.69, 9.17) is 5.26 Å². The fraction of sp³-hybridized carbons (Fsp3) is 0.750. The molecule has 0 unspecified atom stereocenters. The number of carbonyl (C=O) groups is 1. The Morgan fingerprint density at radius 1 is 1.50 bits per heavy atom. The Morgan fingerprint density at radius 3 is 2.50 bits per heavy atom.